The number of morpholine rings is 1. The minimum atomic E-state index is -1.06. The summed E-state index contributed by atoms with van der Waals surface area (Å²) in [4.78, 5) is 14.3. The van der Waals surface area contributed by atoms with Gasteiger partial charge in [-0.2, -0.15) is 0 Å². The van der Waals surface area contributed by atoms with Crippen molar-refractivity contribution in [2.75, 3.05) is 38.6 Å². The number of nitrogens with zero attached hydrogens (tertiary/aromatic N) is 1. The summed E-state index contributed by atoms with van der Waals surface area (Å²) in [6.45, 7) is 2.83. The van der Waals surface area contributed by atoms with Gasteiger partial charge in [0.05, 0.1) is 24.0 Å². The van der Waals surface area contributed by atoms with E-state index in [1.807, 2.05) is 30.3 Å². The molecule has 2 rings (SSSR count). The molecule has 1 atom stereocenters. The SMILES string of the molecule is O=C(NCC[S@](=O)c1ccccc1)N1CCOCC1. The molecule has 0 radical (unpaired) electrons. The fourth-order valence-corrected chi connectivity index (χ4v) is 2.80. The number of hydrogen-bond acceptors (Lipinski definition) is 3. The number of ether oxygens (including phenoxy) is 1. The Morgan fingerprint density at radius 1 is 1.26 bits per heavy atom. The summed E-state index contributed by atoms with van der Waals surface area (Å²) in [6.07, 6.45) is 0. The Morgan fingerprint density at radius 2 is 1.95 bits per heavy atom. The lowest BCUT2D eigenvalue weighted by atomic mass is 10.4. The monoisotopic (exact) mass is 282 g/mol. The molecule has 1 aliphatic heterocycles. The molecule has 5 nitrogen and oxygen atoms in total. The van der Waals surface area contributed by atoms with Gasteiger partial charge in [0.1, 0.15) is 0 Å². The van der Waals surface area contributed by atoms with E-state index in [1.165, 1.54) is 0 Å². The number of carbonyl (C=O) groups excluding carboxylic acids is 1. The van der Waals surface area contributed by atoms with Crippen LogP contribution in [0.3, 0.4) is 0 Å². The van der Waals surface area contributed by atoms with Gasteiger partial charge in [0.25, 0.3) is 0 Å². The van der Waals surface area contributed by atoms with Gasteiger partial charge >= 0.3 is 6.03 Å². The summed E-state index contributed by atoms with van der Waals surface area (Å²) in [5, 5.41) is 2.79. The number of rotatable bonds is 4. The van der Waals surface area contributed by atoms with Crippen molar-refractivity contribution in [2.45, 2.75) is 4.90 Å². The van der Waals surface area contributed by atoms with Crippen LogP contribution in [0, 0.1) is 0 Å². The van der Waals surface area contributed by atoms with Gasteiger partial charge in [0.2, 0.25) is 0 Å². The van der Waals surface area contributed by atoms with Crippen LogP contribution in [0.15, 0.2) is 35.2 Å². The molecule has 1 heterocycles. The Kier molecular flexibility index (Phi) is 5.35. The number of carbonyl (C=O) groups is 1. The Hall–Kier alpha value is -1.40. The molecule has 1 saturated heterocycles. The van der Waals surface area contributed by atoms with Crippen LogP contribution in [0.4, 0.5) is 4.79 Å². The average molecular weight is 282 g/mol. The van der Waals surface area contributed by atoms with Crippen molar-refractivity contribution in [1.82, 2.24) is 10.2 Å². The second-order valence-electron chi connectivity index (χ2n) is 4.19. The van der Waals surface area contributed by atoms with E-state index in [-0.39, 0.29) is 6.03 Å². The minimum Gasteiger partial charge on any atom is -0.378 e. The van der Waals surface area contributed by atoms with E-state index in [1.54, 1.807) is 4.90 Å². The maximum atomic E-state index is 11.9. The van der Waals surface area contributed by atoms with E-state index < -0.39 is 10.8 Å². The van der Waals surface area contributed by atoms with Crippen LogP contribution in [0.5, 0.6) is 0 Å². The van der Waals surface area contributed by atoms with Crippen molar-refractivity contribution in [3.05, 3.63) is 30.3 Å². The van der Waals surface area contributed by atoms with Gasteiger partial charge in [-0.05, 0) is 12.1 Å². The number of amides is 2. The van der Waals surface area contributed by atoms with Crippen molar-refractivity contribution in [2.24, 2.45) is 0 Å². The van der Waals surface area contributed by atoms with Crippen LogP contribution in [-0.4, -0.2) is 53.7 Å². The first-order valence-electron chi connectivity index (χ1n) is 6.31. The highest BCUT2D eigenvalue weighted by atomic mass is 32.2. The number of urea groups is 1. The van der Waals surface area contributed by atoms with Crippen LogP contribution in [-0.2, 0) is 15.5 Å². The van der Waals surface area contributed by atoms with Crippen LogP contribution >= 0.6 is 0 Å². The molecule has 1 aliphatic rings. The van der Waals surface area contributed by atoms with E-state index >= 15 is 0 Å². The molecule has 0 aromatic heterocycles. The van der Waals surface area contributed by atoms with Crippen molar-refractivity contribution in [1.29, 1.82) is 0 Å². The smallest absolute Gasteiger partial charge is 0.317 e. The highest BCUT2D eigenvalue weighted by Gasteiger charge is 2.16. The van der Waals surface area contributed by atoms with Gasteiger partial charge in [-0.15, -0.1) is 0 Å². The van der Waals surface area contributed by atoms with Crippen molar-refractivity contribution in [3.8, 4) is 0 Å². The van der Waals surface area contributed by atoms with Gasteiger partial charge in [0, 0.05) is 30.3 Å². The molecular weight excluding hydrogens is 264 g/mol. The Balaban J connectivity index is 1.71. The number of hydrogen-bond donors (Lipinski definition) is 1. The molecule has 0 bridgehead atoms. The molecule has 6 heteroatoms. The predicted molar refractivity (Wildman–Crippen MR) is 73.5 cm³/mol. The zero-order chi connectivity index (χ0) is 13.5. The molecule has 2 amide bonds. The molecule has 19 heavy (non-hydrogen) atoms. The van der Waals surface area contributed by atoms with E-state index in [9.17, 15) is 9.00 Å². The average Bonchev–Trinajstić information content (AvgIpc) is 2.49. The third-order valence-electron chi connectivity index (χ3n) is 2.87. The fourth-order valence-electron chi connectivity index (χ4n) is 1.82. The van der Waals surface area contributed by atoms with Crippen molar-refractivity contribution < 1.29 is 13.7 Å². The lowest BCUT2D eigenvalue weighted by Crippen LogP contribution is -2.46. The summed E-state index contributed by atoms with van der Waals surface area (Å²) in [5.74, 6) is 0.431. The maximum absolute atomic E-state index is 11.9. The maximum Gasteiger partial charge on any atom is 0.317 e. The van der Waals surface area contributed by atoms with Gasteiger partial charge < -0.3 is 15.0 Å². The summed E-state index contributed by atoms with van der Waals surface area (Å²) < 4.78 is 17.1. The normalized spacial score (nSPS) is 16.9. The van der Waals surface area contributed by atoms with Crippen molar-refractivity contribution >= 4 is 16.8 Å². The zero-order valence-corrected chi connectivity index (χ0v) is 11.5. The fraction of sp³-hybridized carbons (Fsp3) is 0.462. The second kappa shape index (κ2) is 7.25. The summed E-state index contributed by atoms with van der Waals surface area (Å²) in [5.41, 5.74) is 0. The Morgan fingerprint density at radius 3 is 2.63 bits per heavy atom. The highest BCUT2D eigenvalue weighted by molar-refractivity contribution is 7.85. The van der Waals surface area contributed by atoms with Crippen LogP contribution in [0.2, 0.25) is 0 Å². The summed E-state index contributed by atoms with van der Waals surface area (Å²) >= 11 is 0. The second-order valence-corrected chi connectivity index (χ2v) is 5.76. The van der Waals surface area contributed by atoms with Crippen LogP contribution < -0.4 is 5.32 Å². The lowest BCUT2D eigenvalue weighted by molar-refractivity contribution is 0.0533. The van der Waals surface area contributed by atoms with E-state index in [4.69, 9.17) is 4.74 Å². The van der Waals surface area contributed by atoms with Gasteiger partial charge in [-0.25, -0.2) is 4.79 Å². The van der Waals surface area contributed by atoms with E-state index in [0.717, 1.165) is 4.90 Å². The third kappa shape index (κ3) is 4.33. The van der Waals surface area contributed by atoms with Gasteiger partial charge in [0.15, 0.2) is 0 Å². The molecule has 1 aromatic rings. The molecule has 0 spiro atoms. The molecule has 1 fully saturated rings. The molecule has 1 aromatic carbocycles. The topological polar surface area (TPSA) is 58.6 Å². The van der Waals surface area contributed by atoms with E-state index in [2.05, 4.69) is 5.32 Å². The van der Waals surface area contributed by atoms with Crippen LogP contribution in [0.1, 0.15) is 0 Å². The quantitative estimate of drug-likeness (QED) is 0.890. The van der Waals surface area contributed by atoms with Crippen molar-refractivity contribution in [3.63, 3.8) is 0 Å². The minimum absolute atomic E-state index is 0.103. The predicted octanol–water partition coefficient (Wildman–Crippen LogP) is 0.836. The van der Waals surface area contributed by atoms with Crippen LogP contribution in [0.25, 0.3) is 0 Å². The molecule has 0 saturated carbocycles. The highest BCUT2D eigenvalue weighted by Crippen LogP contribution is 2.04. The first-order valence-corrected chi connectivity index (χ1v) is 7.63. The molecular formula is C13H18N2O3S. The van der Waals surface area contributed by atoms with Gasteiger partial charge in [-0.1, -0.05) is 18.2 Å². The summed E-state index contributed by atoms with van der Waals surface area (Å²) in [7, 11) is -1.06. The Labute approximate surface area is 115 Å². The lowest BCUT2D eigenvalue weighted by Gasteiger charge is -2.26. The zero-order valence-electron chi connectivity index (χ0n) is 10.7. The number of nitrogens with one attached hydrogen (secondary N) is 1. The standard InChI is InChI=1S/C13H18N2O3S/c16-13(15-7-9-18-10-8-15)14-6-11-19(17)12-4-2-1-3-5-12/h1-5H,6-11H2,(H,14,16)/t19-/m0/s1. The molecule has 0 unspecified atom stereocenters. The largest absolute Gasteiger partial charge is 0.378 e. The third-order valence-corrected chi connectivity index (χ3v) is 4.24. The molecule has 1 N–H and O–H groups in total. The van der Waals surface area contributed by atoms with Gasteiger partial charge in [-0.3, -0.25) is 4.21 Å². The molecule has 0 aliphatic carbocycles. The Bertz CT molecular complexity index is 433. The number of benzene rings is 1. The first kappa shape index (κ1) is 14.0. The molecule has 104 valence electrons. The first-order chi connectivity index (χ1) is 9.27. The van der Waals surface area contributed by atoms with E-state index in [0.29, 0.717) is 38.6 Å². The summed E-state index contributed by atoms with van der Waals surface area (Å²) in [6, 6.07) is 9.17.